The first-order valence-electron chi connectivity index (χ1n) is 5.57. The van der Waals surface area contributed by atoms with Crippen LogP contribution in [0.15, 0.2) is 51.4 Å². The minimum absolute atomic E-state index is 0.102. The summed E-state index contributed by atoms with van der Waals surface area (Å²) in [5.74, 6) is -0.102. The molecule has 0 bridgehead atoms. The van der Waals surface area contributed by atoms with Crippen molar-refractivity contribution in [2.45, 2.75) is 0 Å². The monoisotopic (exact) mass is 382 g/mol. The van der Waals surface area contributed by atoms with Crippen LogP contribution in [0, 0.1) is 0 Å². The fourth-order valence-corrected chi connectivity index (χ4v) is 2.53. The highest BCUT2D eigenvalue weighted by atomic mass is 79.9. The van der Waals surface area contributed by atoms with Gasteiger partial charge in [0.05, 0.1) is 11.4 Å². The van der Waals surface area contributed by atoms with Crippen LogP contribution in [-0.2, 0) is 0 Å². The van der Waals surface area contributed by atoms with E-state index in [2.05, 4.69) is 31.9 Å². The maximum atomic E-state index is 12.4. The fourth-order valence-electron chi connectivity index (χ4n) is 1.76. The number of amides is 1. The van der Waals surface area contributed by atoms with Gasteiger partial charge in [0.15, 0.2) is 0 Å². The number of nitrogens with zero attached hydrogens (tertiary/aromatic N) is 1. The highest BCUT2D eigenvalue weighted by Crippen LogP contribution is 2.27. The van der Waals surface area contributed by atoms with Crippen molar-refractivity contribution in [2.75, 3.05) is 17.7 Å². The van der Waals surface area contributed by atoms with E-state index in [4.69, 9.17) is 5.73 Å². The molecule has 0 aliphatic rings. The van der Waals surface area contributed by atoms with Crippen molar-refractivity contribution in [3.05, 3.63) is 57.0 Å². The summed E-state index contributed by atoms with van der Waals surface area (Å²) in [7, 11) is 1.71. The molecular formula is C14H12Br2N2O. The number of nitrogen functional groups attached to an aromatic ring is 1. The summed E-state index contributed by atoms with van der Waals surface area (Å²) in [6.45, 7) is 0. The van der Waals surface area contributed by atoms with Gasteiger partial charge in [0.2, 0.25) is 0 Å². The number of benzene rings is 2. The summed E-state index contributed by atoms with van der Waals surface area (Å²) in [5.41, 5.74) is 7.79. The second kappa shape index (κ2) is 5.75. The Labute approximate surface area is 128 Å². The van der Waals surface area contributed by atoms with Crippen LogP contribution in [0.2, 0.25) is 0 Å². The predicted octanol–water partition coefficient (Wildman–Crippen LogP) is 4.07. The molecule has 2 rings (SSSR count). The first-order chi connectivity index (χ1) is 8.99. The lowest BCUT2D eigenvalue weighted by Crippen LogP contribution is -2.27. The second-order valence-electron chi connectivity index (χ2n) is 4.08. The standard InChI is InChI=1S/C14H12Br2N2O/c1-18(13-6-5-11(16)8-12(13)17)14(19)9-3-2-4-10(15)7-9/h2-8H,17H2,1H3. The van der Waals surface area contributed by atoms with Gasteiger partial charge in [-0.3, -0.25) is 4.79 Å². The molecule has 0 saturated carbocycles. The van der Waals surface area contributed by atoms with Gasteiger partial charge in [0, 0.05) is 21.6 Å². The van der Waals surface area contributed by atoms with Crippen LogP contribution in [-0.4, -0.2) is 13.0 Å². The fraction of sp³-hybridized carbons (Fsp3) is 0.0714. The molecule has 0 atom stereocenters. The van der Waals surface area contributed by atoms with Crippen LogP contribution in [0.4, 0.5) is 11.4 Å². The lowest BCUT2D eigenvalue weighted by Gasteiger charge is -2.19. The van der Waals surface area contributed by atoms with Crippen molar-refractivity contribution >= 4 is 49.1 Å². The number of carbonyl (C=O) groups is 1. The molecule has 0 radical (unpaired) electrons. The second-order valence-corrected chi connectivity index (χ2v) is 5.91. The highest BCUT2D eigenvalue weighted by molar-refractivity contribution is 9.10. The quantitative estimate of drug-likeness (QED) is 0.794. The Kier molecular flexibility index (Phi) is 4.27. The molecule has 98 valence electrons. The van der Waals surface area contributed by atoms with Gasteiger partial charge in [-0.05, 0) is 36.4 Å². The first-order valence-corrected chi connectivity index (χ1v) is 7.16. The van der Waals surface area contributed by atoms with Crippen LogP contribution >= 0.6 is 31.9 Å². The summed E-state index contributed by atoms with van der Waals surface area (Å²) in [6, 6.07) is 12.7. The average molecular weight is 384 g/mol. The zero-order valence-electron chi connectivity index (χ0n) is 10.2. The Bertz CT molecular complexity index is 629. The number of hydrogen-bond acceptors (Lipinski definition) is 2. The average Bonchev–Trinajstić information content (AvgIpc) is 2.37. The minimum atomic E-state index is -0.102. The molecule has 0 aliphatic heterocycles. The zero-order valence-corrected chi connectivity index (χ0v) is 13.4. The molecule has 0 unspecified atom stereocenters. The summed E-state index contributed by atoms with van der Waals surface area (Å²) >= 11 is 6.71. The van der Waals surface area contributed by atoms with Gasteiger partial charge in [-0.15, -0.1) is 0 Å². The molecule has 1 amide bonds. The highest BCUT2D eigenvalue weighted by Gasteiger charge is 2.15. The van der Waals surface area contributed by atoms with E-state index in [9.17, 15) is 4.79 Å². The number of nitrogens with two attached hydrogens (primary N) is 1. The Morgan fingerprint density at radius 2 is 1.79 bits per heavy atom. The molecule has 3 nitrogen and oxygen atoms in total. The maximum Gasteiger partial charge on any atom is 0.258 e. The van der Waals surface area contributed by atoms with Crippen LogP contribution in [0.3, 0.4) is 0 Å². The van der Waals surface area contributed by atoms with Crippen molar-refractivity contribution in [3.8, 4) is 0 Å². The van der Waals surface area contributed by atoms with Gasteiger partial charge < -0.3 is 10.6 Å². The molecule has 0 aliphatic carbocycles. The SMILES string of the molecule is CN(C(=O)c1cccc(Br)c1)c1ccc(Br)cc1N. The van der Waals surface area contributed by atoms with Crippen molar-refractivity contribution < 1.29 is 4.79 Å². The topological polar surface area (TPSA) is 46.3 Å². The Hall–Kier alpha value is -1.33. The third-order valence-corrected chi connectivity index (χ3v) is 3.71. The lowest BCUT2D eigenvalue weighted by molar-refractivity contribution is 0.0993. The minimum Gasteiger partial charge on any atom is -0.397 e. The molecule has 2 aromatic carbocycles. The Morgan fingerprint density at radius 1 is 1.11 bits per heavy atom. The Balaban J connectivity index is 2.33. The van der Waals surface area contributed by atoms with Gasteiger partial charge in [-0.25, -0.2) is 0 Å². The van der Waals surface area contributed by atoms with E-state index >= 15 is 0 Å². The normalized spacial score (nSPS) is 10.3. The third kappa shape index (κ3) is 3.16. The van der Waals surface area contributed by atoms with Crippen LogP contribution in [0.5, 0.6) is 0 Å². The number of anilines is 2. The van der Waals surface area contributed by atoms with Gasteiger partial charge in [0.1, 0.15) is 0 Å². The molecule has 0 aromatic heterocycles. The number of carbonyl (C=O) groups excluding carboxylic acids is 1. The van der Waals surface area contributed by atoms with E-state index < -0.39 is 0 Å². The van der Waals surface area contributed by atoms with E-state index in [0.717, 1.165) is 8.95 Å². The van der Waals surface area contributed by atoms with Crippen LogP contribution in [0.1, 0.15) is 10.4 Å². The number of rotatable bonds is 2. The molecule has 0 saturated heterocycles. The van der Waals surface area contributed by atoms with E-state index in [1.165, 1.54) is 0 Å². The molecule has 0 fully saturated rings. The van der Waals surface area contributed by atoms with E-state index in [1.807, 2.05) is 24.3 Å². The van der Waals surface area contributed by atoms with Crippen LogP contribution < -0.4 is 10.6 Å². The molecule has 2 aromatic rings. The summed E-state index contributed by atoms with van der Waals surface area (Å²) in [5, 5.41) is 0. The maximum absolute atomic E-state index is 12.4. The van der Waals surface area contributed by atoms with Gasteiger partial charge >= 0.3 is 0 Å². The summed E-state index contributed by atoms with van der Waals surface area (Å²) in [4.78, 5) is 13.9. The third-order valence-electron chi connectivity index (χ3n) is 2.73. The molecule has 0 heterocycles. The molecule has 5 heteroatoms. The van der Waals surface area contributed by atoms with Gasteiger partial charge in [-0.1, -0.05) is 37.9 Å². The Morgan fingerprint density at radius 3 is 2.42 bits per heavy atom. The van der Waals surface area contributed by atoms with Crippen molar-refractivity contribution in [1.29, 1.82) is 0 Å². The van der Waals surface area contributed by atoms with E-state index in [-0.39, 0.29) is 5.91 Å². The number of halogens is 2. The van der Waals surface area contributed by atoms with Gasteiger partial charge in [-0.2, -0.15) is 0 Å². The van der Waals surface area contributed by atoms with Crippen molar-refractivity contribution in [2.24, 2.45) is 0 Å². The number of hydrogen-bond donors (Lipinski definition) is 1. The van der Waals surface area contributed by atoms with Crippen LogP contribution in [0.25, 0.3) is 0 Å². The summed E-state index contributed by atoms with van der Waals surface area (Å²) < 4.78 is 1.76. The first kappa shape index (κ1) is 14.1. The summed E-state index contributed by atoms with van der Waals surface area (Å²) in [6.07, 6.45) is 0. The molecule has 19 heavy (non-hydrogen) atoms. The molecule has 0 spiro atoms. The van der Waals surface area contributed by atoms with Gasteiger partial charge in [0.25, 0.3) is 5.91 Å². The zero-order chi connectivity index (χ0) is 14.0. The molecule has 2 N–H and O–H groups in total. The van der Waals surface area contributed by atoms with E-state index in [1.54, 1.807) is 30.1 Å². The predicted molar refractivity (Wildman–Crippen MR) is 85.4 cm³/mol. The lowest BCUT2D eigenvalue weighted by atomic mass is 10.2. The largest absolute Gasteiger partial charge is 0.397 e. The van der Waals surface area contributed by atoms with Crippen molar-refractivity contribution in [3.63, 3.8) is 0 Å². The smallest absolute Gasteiger partial charge is 0.258 e. The van der Waals surface area contributed by atoms with E-state index in [0.29, 0.717) is 16.9 Å². The van der Waals surface area contributed by atoms with Crippen molar-refractivity contribution in [1.82, 2.24) is 0 Å². The molecular weight excluding hydrogens is 372 g/mol.